The van der Waals surface area contributed by atoms with Crippen LogP contribution < -0.4 is 48.1 Å². The molecule has 2 aromatic heterocycles. The van der Waals surface area contributed by atoms with Crippen LogP contribution in [0.15, 0.2) is 113 Å². The lowest BCUT2D eigenvalue weighted by molar-refractivity contribution is -0.385. The highest BCUT2D eigenvalue weighted by molar-refractivity contribution is 14.0. The maximum atomic E-state index is 12.5. The van der Waals surface area contributed by atoms with Gasteiger partial charge in [0.1, 0.15) is 10.9 Å². The fourth-order valence-electron chi connectivity index (χ4n) is 12.1. The van der Waals surface area contributed by atoms with E-state index in [1.54, 1.807) is 56.7 Å². The predicted molar refractivity (Wildman–Crippen MR) is 446 cm³/mol. The molecule has 10 rings (SSSR count). The second-order valence-electron chi connectivity index (χ2n) is 24.1. The third-order valence-corrected chi connectivity index (χ3v) is 20.6. The van der Waals surface area contributed by atoms with Crippen molar-refractivity contribution >= 4 is 150 Å². The molecule has 0 spiro atoms. The SMILES string of the molecule is CCN(CC)CCCN1C(=O)CCc2cc(N)ccc21.CCN(CC)CCCN1C(=O)CCc2cc(N=C(N)c3cccs3)ccc21.CCN(CC)CCCN1C(=O)CCc2cc([N+](=O)[O-])ccc21.CCNCC.CSC(=N)c1cccs1.I.NN.O=C1CCc2cc([N+](=O)[O-])ccc2N1CCCCl. The number of nitrogens with two attached hydrogens (primary N) is 4. The standard InChI is InChI=1S/C21H28N4OS.C16H23N3O3.C16H25N3O.C12H13ClN2O3.C6H7NS2.C4H11N.HI.H4N2/c1-3-24(4-2)12-6-13-25-18-10-9-17(15-16(18)8-11-20(25)26)23-21(22)19-7-5-14-27-19;1-3-17(4-2)10-5-11-18-15-8-7-14(19(21)22)12-13(15)6-9-16(18)20;1-3-18(4-2)10-5-11-19-15-8-7-14(17)12-13(15)6-9-16(19)20;13-6-1-7-14-11-4-3-10(15(17)18)8-9(11)2-5-12(14)16;1-8-6(7)5-3-2-4-9-5;1-3-5-4-2;;1-2/h5,7,9-10,14-15H,3-4,6,8,11-13H2,1-2H3,(H2,22,23);7-8,12H,3-6,9-11H2,1-2H3;7-8,12H,3-6,9-11,17H2,1-2H3;3-4,8H,1-2,5-7H2;2-4,7H,1H3;5H,3-4H2,1-2H3;1H;1-2H2. The molecule has 6 aromatic rings. The maximum absolute atomic E-state index is 12.5. The van der Waals surface area contributed by atoms with E-state index in [1.165, 1.54) is 35.0 Å². The van der Waals surface area contributed by atoms with Gasteiger partial charge in [0.2, 0.25) is 23.6 Å². The van der Waals surface area contributed by atoms with Crippen molar-refractivity contribution < 1.29 is 29.0 Å². The Morgan fingerprint density at radius 3 is 1.21 bits per heavy atom. The van der Waals surface area contributed by atoms with Gasteiger partial charge in [0.05, 0.1) is 25.3 Å². The third kappa shape index (κ3) is 29.4. The number of amides is 4. The van der Waals surface area contributed by atoms with Gasteiger partial charge < -0.3 is 51.1 Å². The Bertz CT molecular complexity index is 3620. The number of hydrazine groups is 1. The average Bonchev–Trinajstić information content (AvgIpc) is 0.925. The number of nitrogens with one attached hydrogen (secondary N) is 2. The van der Waals surface area contributed by atoms with E-state index >= 15 is 0 Å². The molecule has 10 N–H and O–H groups in total. The molecule has 572 valence electrons. The topological polar surface area (TPSA) is 330 Å². The first-order valence-corrected chi connectivity index (χ1v) is 39.3. The molecular formula is C75H112ClIN16O8S3. The summed E-state index contributed by atoms with van der Waals surface area (Å²) in [7, 11) is 0. The van der Waals surface area contributed by atoms with Gasteiger partial charge in [-0.25, -0.2) is 4.99 Å². The molecular weight excluding hydrogens is 1510 g/mol. The van der Waals surface area contributed by atoms with E-state index in [0.29, 0.717) is 74.8 Å². The lowest BCUT2D eigenvalue weighted by Crippen LogP contribution is -2.37. The van der Waals surface area contributed by atoms with Gasteiger partial charge in [0.25, 0.3) is 11.4 Å². The van der Waals surface area contributed by atoms with Crippen LogP contribution in [0.5, 0.6) is 0 Å². The number of aryl methyl sites for hydroxylation is 4. The molecule has 0 atom stereocenters. The minimum absolute atomic E-state index is 0. The quantitative estimate of drug-likeness (QED) is 0.00388. The number of non-ortho nitro benzene ring substituents is 2. The van der Waals surface area contributed by atoms with Gasteiger partial charge in [-0.1, -0.05) is 67.5 Å². The first-order valence-electron chi connectivity index (χ1n) is 35.8. The molecule has 104 heavy (non-hydrogen) atoms. The summed E-state index contributed by atoms with van der Waals surface area (Å²) in [4.78, 5) is 90.4. The van der Waals surface area contributed by atoms with E-state index in [4.69, 9.17) is 28.5 Å². The van der Waals surface area contributed by atoms with E-state index in [9.17, 15) is 39.4 Å². The van der Waals surface area contributed by atoms with Gasteiger partial charge in [-0.05, 0) is 223 Å². The van der Waals surface area contributed by atoms with Crippen LogP contribution in [-0.2, 0) is 44.9 Å². The number of nitro benzene ring substituents is 2. The van der Waals surface area contributed by atoms with Crippen LogP contribution in [0, 0.1) is 25.6 Å². The van der Waals surface area contributed by atoms with Crippen LogP contribution in [-0.4, -0.2) is 169 Å². The summed E-state index contributed by atoms with van der Waals surface area (Å²) in [5.41, 5.74) is 21.6. The van der Waals surface area contributed by atoms with Crippen molar-refractivity contribution in [2.45, 2.75) is 132 Å². The van der Waals surface area contributed by atoms with Crippen molar-refractivity contribution in [3.8, 4) is 0 Å². The Morgan fingerprint density at radius 2 is 0.885 bits per heavy atom. The minimum atomic E-state index is -0.417. The summed E-state index contributed by atoms with van der Waals surface area (Å²) in [5, 5.41) is 36.7. The highest BCUT2D eigenvalue weighted by atomic mass is 127. The first kappa shape index (κ1) is 91.2. The first-order chi connectivity index (χ1) is 49.7. The average molecular weight is 1620 g/mol. The van der Waals surface area contributed by atoms with Crippen molar-refractivity contribution in [1.29, 1.82) is 5.41 Å². The van der Waals surface area contributed by atoms with Crippen molar-refractivity contribution in [2.75, 3.05) is 136 Å². The van der Waals surface area contributed by atoms with Gasteiger partial charge in [0.15, 0.2) is 0 Å². The molecule has 4 amide bonds. The number of carbonyl (C=O) groups is 4. The van der Waals surface area contributed by atoms with Gasteiger partial charge >= 0.3 is 0 Å². The second-order valence-corrected chi connectivity index (χ2v) is 27.2. The van der Waals surface area contributed by atoms with E-state index in [0.717, 1.165) is 172 Å². The highest BCUT2D eigenvalue weighted by Gasteiger charge is 2.29. The number of rotatable bonds is 28. The molecule has 0 unspecified atom stereocenters. The number of nitrogens with zero attached hydrogens (tertiary/aromatic N) is 10. The Balaban J connectivity index is 0.000000337. The molecule has 0 aliphatic carbocycles. The van der Waals surface area contributed by atoms with Crippen LogP contribution in [0.1, 0.15) is 139 Å². The van der Waals surface area contributed by atoms with Crippen molar-refractivity contribution in [3.63, 3.8) is 0 Å². The number of aliphatic imine (C=N–C) groups is 1. The number of anilines is 5. The fourth-order valence-corrected chi connectivity index (χ4v) is 14.0. The van der Waals surface area contributed by atoms with Crippen LogP contribution in [0.25, 0.3) is 0 Å². The Kier molecular flexibility index (Phi) is 44.3. The van der Waals surface area contributed by atoms with Gasteiger partial charge in [-0.15, -0.1) is 70.0 Å². The number of halogens is 2. The number of hydrogen-bond donors (Lipinski definition) is 6. The molecule has 0 radical (unpaired) electrons. The lowest BCUT2D eigenvalue weighted by atomic mass is 10.00. The second kappa shape index (κ2) is 50.5. The van der Waals surface area contributed by atoms with Gasteiger partial charge in [0, 0.05) is 110 Å². The number of nitro groups is 2. The zero-order chi connectivity index (χ0) is 75.8. The monoisotopic (exact) mass is 1620 g/mol. The number of benzene rings is 4. The van der Waals surface area contributed by atoms with Crippen LogP contribution in [0.2, 0.25) is 0 Å². The summed E-state index contributed by atoms with van der Waals surface area (Å²) in [6, 6.07) is 29.2. The largest absolute Gasteiger partial charge is 0.399 e. The number of amidine groups is 1. The molecule has 0 bridgehead atoms. The number of thioether (sulfide) groups is 1. The summed E-state index contributed by atoms with van der Waals surface area (Å²) in [6.07, 6.45) is 10.2. The summed E-state index contributed by atoms with van der Waals surface area (Å²) < 4.78 is 0. The highest BCUT2D eigenvalue weighted by Crippen LogP contribution is 2.35. The number of nitrogen functional groups attached to an aromatic ring is 1. The van der Waals surface area contributed by atoms with Gasteiger partial charge in [-0.3, -0.25) is 56.5 Å². The molecule has 4 aliphatic heterocycles. The zero-order valence-corrected chi connectivity index (χ0v) is 67.8. The summed E-state index contributed by atoms with van der Waals surface area (Å²) >= 11 is 10.3. The van der Waals surface area contributed by atoms with Crippen LogP contribution >= 0.6 is 70.0 Å². The number of alkyl halides is 1. The maximum Gasteiger partial charge on any atom is 0.269 e. The fraction of sp³-hybridized carbons (Fsp3) is 0.493. The molecule has 4 aromatic carbocycles. The van der Waals surface area contributed by atoms with Crippen LogP contribution in [0.3, 0.4) is 0 Å². The third-order valence-electron chi connectivity index (χ3n) is 17.8. The Hall–Kier alpha value is -6.97. The van der Waals surface area contributed by atoms with Crippen molar-refractivity contribution in [3.05, 3.63) is 160 Å². The number of carbonyl (C=O) groups excluding carboxylic acids is 4. The number of thiophene rings is 2. The van der Waals surface area contributed by atoms with Crippen LogP contribution in [0.4, 0.5) is 45.5 Å². The summed E-state index contributed by atoms with van der Waals surface area (Å²) in [5.74, 6) is 9.65. The zero-order valence-electron chi connectivity index (χ0n) is 62.2. The molecule has 0 saturated heterocycles. The van der Waals surface area contributed by atoms with E-state index < -0.39 is 4.92 Å². The van der Waals surface area contributed by atoms with Crippen molar-refractivity contribution in [2.24, 2.45) is 22.4 Å². The van der Waals surface area contributed by atoms with Crippen molar-refractivity contribution in [1.82, 2.24) is 20.0 Å². The normalized spacial score (nSPS) is 13.5. The Morgan fingerprint density at radius 1 is 0.538 bits per heavy atom. The van der Waals surface area contributed by atoms with E-state index in [2.05, 4.69) is 98.2 Å². The molecule has 24 nitrogen and oxygen atoms in total. The smallest absolute Gasteiger partial charge is 0.269 e. The molecule has 4 aliphatic rings. The van der Waals surface area contributed by atoms with E-state index in [-0.39, 0.29) is 63.9 Å². The lowest BCUT2D eigenvalue weighted by Gasteiger charge is -2.30. The van der Waals surface area contributed by atoms with Gasteiger partial charge in [-0.2, -0.15) is 0 Å². The number of fused-ring (bicyclic) bond motifs is 4. The Labute approximate surface area is 650 Å². The van der Waals surface area contributed by atoms with E-state index in [1.807, 2.05) is 81.4 Å². The predicted octanol–water partition coefficient (Wildman–Crippen LogP) is 13.7. The molecule has 6 heterocycles. The molecule has 0 fully saturated rings. The molecule has 0 saturated carbocycles. The summed E-state index contributed by atoms with van der Waals surface area (Å²) in [6.45, 7) is 31.4. The minimum Gasteiger partial charge on any atom is -0.399 e. The molecule has 29 heteroatoms. The number of hydrogen-bond acceptors (Lipinski definition) is 20.